The van der Waals surface area contributed by atoms with Crippen molar-refractivity contribution in [2.24, 2.45) is 0 Å². The number of nitrogens with zero attached hydrogens (tertiary/aromatic N) is 1. The highest BCUT2D eigenvalue weighted by molar-refractivity contribution is 6.33. The number of hydrogen-bond acceptors (Lipinski definition) is 2. The van der Waals surface area contributed by atoms with E-state index >= 15 is 0 Å². The quantitative estimate of drug-likeness (QED) is 0.821. The molecule has 0 heterocycles. The lowest BCUT2D eigenvalue weighted by Crippen LogP contribution is -2.21. The fourth-order valence-electron chi connectivity index (χ4n) is 2.39. The predicted molar refractivity (Wildman–Crippen MR) is 93.6 cm³/mol. The van der Waals surface area contributed by atoms with Crippen LogP contribution in [0.1, 0.15) is 18.9 Å². The van der Waals surface area contributed by atoms with Crippen LogP contribution in [-0.2, 0) is 6.42 Å². The Bertz CT molecular complexity index is 567. The molecule has 2 aromatic rings. The number of hydrogen-bond donors (Lipinski definition) is 1. The molecule has 0 saturated heterocycles. The van der Waals surface area contributed by atoms with Crippen molar-refractivity contribution in [1.82, 2.24) is 0 Å². The van der Waals surface area contributed by atoms with E-state index in [1.807, 2.05) is 25.1 Å². The van der Waals surface area contributed by atoms with Gasteiger partial charge in [0.1, 0.15) is 0 Å². The Morgan fingerprint density at radius 2 is 1.81 bits per heavy atom. The third-order valence-electron chi connectivity index (χ3n) is 3.62. The van der Waals surface area contributed by atoms with Crippen molar-refractivity contribution in [2.45, 2.75) is 25.8 Å². The van der Waals surface area contributed by atoms with Crippen molar-refractivity contribution >= 4 is 23.0 Å². The highest BCUT2D eigenvalue weighted by Crippen LogP contribution is 2.28. The number of halogens is 1. The minimum absolute atomic E-state index is 0.411. The molecule has 0 aliphatic rings. The largest absolute Gasteiger partial charge is 0.382 e. The Labute approximate surface area is 132 Å². The molecule has 2 aromatic carbocycles. The van der Waals surface area contributed by atoms with Gasteiger partial charge in [-0.3, -0.25) is 0 Å². The van der Waals surface area contributed by atoms with Gasteiger partial charge in [-0.15, -0.1) is 0 Å². The molecule has 1 N–H and O–H groups in total. The standard InChI is InChI=1S/C18H23ClN2/c1-4-15(12-14-8-6-5-7-9-14)20-16-10-11-18(21(2)3)17(19)13-16/h5-11,13,15,20H,4,12H2,1-3H3. The maximum Gasteiger partial charge on any atom is 0.0659 e. The van der Waals surface area contributed by atoms with Crippen LogP contribution in [0, 0.1) is 0 Å². The van der Waals surface area contributed by atoms with Crippen LogP contribution in [0.2, 0.25) is 5.02 Å². The van der Waals surface area contributed by atoms with Crippen molar-refractivity contribution in [3.63, 3.8) is 0 Å². The molecule has 21 heavy (non-hydrogen) atoms. The normalized spacial score (nSPS) is 12.0. The second-order valence-corrected chi connectivity index (χ2v) is 5.91. The number of rotatable bonds is 6. The third-order valence-corrected chi connectivity index (χ3v) is 3.92. The molecular weight excluding hydrogens is 280 g/mol. The fourth-order valence-corrected chi connectivity index (χ4v) is 2.74. The highest BCUT2D eigenvalue weighted by atomic mass is 35.5. The number of benzene rings is 2. The first-order valence-electron chi connectivity index (χ1n) is 7.37. The molecule has 0 aromatic heterocycles. The van der Waals surface area contributed by atoms with Crippen molar-refractivity contribution < 1.29 is 0 Å². The summed E-state index contributed by atoms with van der Waals surface area (Å²) in [5.41, 5.74) is 3.47. The molecule has 0 fully saturated rings. The fraction of sp³-hybridized carbons (Fsp3) is 0.333. The molecule has 3 heteroatoms. The summed E-state index contributed by atoms with van der Waals surface area (Å²) in [4.78, 5) is 2.02. The van der Waals surface area contributed by atoms with Gasteiger partial charge in [0.2, 0.25) is 0 Å². The van der Waals surface area contributed by atoms with Crippen LogP contribution in [0.25, 0.3) is 0 Å². The Kier molecular flexibility index (Phi) is 5.51. The van der Waals surface area contributed by atoms with E-state index in [1.165, 1.54) is 5.56 Å². The Morgan fingerprint density at radius 3 is 2.38 bits per heavy atom. The van der Waals surface area contributed by atoms with E-state index in [-0.39, 0.29) is 0 Å². The van der Waals surface area contributed by atoms with Crippen LogP contribution in [0.15, 0.2) is 48.5 Å². The van der Waals surface area contributed by atoms with Crippen molar-refractivity contribution in [2.75, 3.05) is 24.3 Å². The van der Waals surface area contributed by atoms with Crippen molar-refractivity contribution in [3.8, 4) is 0 Å². The highest BCUT2D eigenvalue weighted by Gasteiger charge is 2.09. The first-order chi connectivity index (χ1) is 10.1. The Hall–Kier alpha value is -1.67. The lowest BCUT2D eigenvalue weighted by molar-refractivity contribution is 0.690. The van der Waals surface area contributed by atoms with Crippen LogP contribution >= 0.6 is 11.6 Å². The Morgan fingerprint density at radius 1 is 1.10 bits per heavy atom. The summed E-state index contributed by atoms with van der Waals surface area (Å²) in [5.74, 6) is 0. The summed E-state index contributed by atoms with van der Waals surface area (Å²) < 4.78 is 0. The zero-order chi connectivity index (χ0) is 15.2. The molecule has 0 bridgehead atoms. The van der Waals surface area contributed by atoms with Gasteiger partial charge in [0.25, 0.3) is 0 Å². The van der Waals surface area contributed by atoms with Gasteiger partial charge >= 0.3 is 0 Å². The predicted octanol–water partition coefficient (Wildman–Crippen LogP) is 4.84. The zero-order valence-electron chi connectivity index (χ0n) is 12.9. The summed E-state index contributed by atoms with van der Waals surface area (Å²) >= 11 is 6.33. The smallest absolute Gasteiger partial charge is 0.0659 e. The van der Waals surface area contributed by atoms with Gasteiger partial charge in [-0.1, -0.05) is 48.9 Å². The van der Waals surface area contributed by atoms with Gasteiger partial charge in [-0.2, -0.15) is 0 Å². The molecule has 0 radical (unpaired) electrons. The Balaban J connectivity index is 2.06. The molecule has 0 saturated carbocycles. The molecular formula is C18H23ClN2. The SMILES string of the molecule is CCC(Cc1ccccc1)Nc1ccc(N(C)C)c(Cl)c1. The van der Waals surface area contributed by atoms with Gasteiger partial charge in [0.15, 0.2) is 0 Å². The number of nitrogens with one attached hydrogen (secondary N) is 1. The monoisotopic (exact) mass is 302 g/mol. The molecule has 0 amide bonds. The molecule has 0 aliphatic heterocycles. The van der Waals surface area contributed by atoms with Crippen LogP contribution < -0.4 is 10.2 Å². The molecule has 1 atom stereocenters. The maximum atomic E-state index is 6.33. The summed E-state index contributed by atoms with van der Waals surface area (Å²) in [6.07, 6.45) is 2.09. The molecule has 0 aliphatic carbocycles. The average Bonchev–Trinajstić information content (AvgIpc) is 2.47. The van der Waals surface area contributed by atoms with E-state index in [0.717, 1.165) is 29.2 Å². The second kappa shape index (κ2) is 7.37. The van der Waals surface area contributed by atoms with Crippen LogP contribution in [-0.4, -0.2) is 20.1 Å². The molecule has 0 spiro atoms. The first kappa shape index (κ1) is 15.7. The van der Waals surface area contributed by atoms with Crippen molar-refractivity contribution in [1.29, 1.82) is 0 Å². The molecule has 2 rings (SSSR count). The minimum Gasteiger partial charge on any atom is -0.382 e. The topological polar surface area (TPSA) is 15.3 Å². The molecule has 2 nitrogen and oxygen atoms in total. The number of anilines is 2. The summed E-state index contributed by atoms with van der Waals surface area (Å²) in [6.45, 7) is 2.20. The van der Waals surface area contributed by atoms with Crippen LogP contribution in [0.5, 0.6) is 0 Å². The zero-order valence-corrected chi connectivity index (χ0v) is 13.7. The summed E-state index contributed by atoms with van der Waals surface area (Å²) in [7, 11) is 4.00. The maximum absolute atomic E-state index is 6.33. The van der Waals surface area contributed by atoms with Gasteiger partial charge in [0, 0.05) is 25.8 Å². The minimum atomic E-state index is 0.411. The van der Waals surface area contributed by atoms with Gasteiger partial charge in [-0.25, -0.2) is 0 Å². The van der Waals surface area contributed by atoms with E-state index in [2.05, 4.69) is 54.7 Å². The molecule has 112 valence electrons. The lowest BCUT2D eigenvalue weighted by atomic mass is 10.0. The summed E-state index contributed by atoms with van der Waals surface area (Å²) in [6, 6.07) is 17.1. The van der Waals surface area contributed by atoms with Gasteiger partial charge in [-0.05, 0) is 36.6 Å². The van der Waals surface area contributed by atoms with E-state index in [4.69, 9.17) is 11.6 Å². The van der Waals surface area contributed by atoms with E-state index in [9.17, 15) is 0 Å². The van der Waals surface area contributed by atoms with E-state index in [0.29, 0.717) is 6.04 Å². The van der Waals surface area contributed by atoms with Crippen LogP contribution in [0.4, 0.5) is 11.4 Å². The van der Waals surface area contributed by atoms with E-state index in [1.54, 1.807) is 0 Å². The summed E-state index contributed by atoms with van der Waals surface area (Å²) in [5, 5.41) is 4.36. The average molecular weight is 303 g/mol. The first-order valence-corrected chi connectivity index (χ1v) is 7.75. The lowest BCUT2D eigenvalue weighted by Gasteiger charge is -2.20. The van der Waals surface area contributed by atoms with Gasteiger partial charge < -0.3 is 10.2 Å². The third kappa shape index (κ3) is 4.40. The van der Waals surface area contributed by atoms with Gasteiger partial charge in [0.05, 0.1) is 10.7 Å². The van der Waals surface area contributed by atoms with Crippen LogP contribution in [0.3, 0.4) is 0 Å². The molecule has 1 unspecified atom stereocenters. The van der Waals surface area contributed by atoms with E-state index < -0.39 is 0 Å². The second-order valence-electron chi connectivity index (χ2n) is 5.50. The van der Waals surface area contributed by atoms with Crippen molar-refractivity contribution in [3.05, 3.63) is 59.1 Å².